The SMILES string of the molecule is O=C(O)c1ccoc1/C=C/c1nc(C(Cl)(Cl)Cl)nc(C(Cl)(Cl)Cl)n1. The van der Waals surface area contributed by atoms with E-state index in [1.165, 1.54) is 24.5 Å². The molecule has 0 saturated carbocycles. The monoisotopic (exact) mass is 449 g/mol. The van der Waals surface area contributed by atoms with Gasteiger partial charge in [-0.3, -0.25) is 0 Å². The van der Waals surface area contributed by atoms with Crippen LogP contribution >= 0.6 is 69.6 Å². The molecule has 2 heterocycles. The Morgan fingerprint density at radius 1 is 1.00 bits per heavy atom. The number of carboxylic acid groups (broad SMARTS) is 1. The van der Waals surface area contributed by atoms with Crippen molar-refractivity contribution in [2.45, 2.75) is 7.59 Å². The summed E-state index contributed by atoms with van der Waals surface area (Å²) in [6.45, 7) is 0. The Morgan fingerprint density at radius 3 is 2.00 bits per heavy atom. The Hall–Kier alpha value is -0.760. The highest BCUT2D eigenvalue weighted by Crippen LogP contribution is 2.39. The highest BCUT2D eigenvalue weighted by atomic mass is 35.6. The number of rotatable bonds is 3. The molecule has 6 nitrogen and oxygen atoms in total. The van der Waals surface area contributed by atoms with E-state index in [2.05, 4.69) is 15.0 Å². The molecule has 2 aromatic rings. The molecular weight excluding hydrogens is 447 g/mol. The lowest BCUT2D eigenvalue weighted by atomic mass is 10.2. The zero-order valence-corrected chi connectivity index (χ0v) is 15.7. The van der Waals surface area contributed by atoms with Gasteiger partial charge in [-0.1, -0.05) is 69.6 Å². The van der Waals surface area contributed by atoms with Gasteiger partial charge in [-0.15, -0.1) is 0 Å². The van der Waals surface area contributed by atoms with Crippen LogP contribution in [0.2, 0.25) is 0 Å². The van der Waals surface area contributed by atoms with Crippen LogP contribution in [0, 0.1) is 0 Å². The summed E-state index contributed by atoms with van der Waals surface area (Å²) in [6, 6.07) is 1.29. The van der Waals surface area contributed by atoms with Gasteiger partial charge >= 0.3 is 5.97 Å². The van der Waals surface area contributed by atoms with Gasteiger partial charge in [0.25, 0.3) is 0 Å². The van der Waals surface area contributed by atoms with Gasteiger partial charge in [0.1, 0.15) is 11.3 Å². The minimum atomic E-state index is -1.98. The quantitative estimate of drug-likeness (QED) is 0.661. The zero-order valence-electron chi connectivity index (χ0n) is 11.2. The first-order chi connectivity index (χ1) is 11.0. The summed E-state index contributed by atoms with van der Waals surface area (Å²) in [5.74, 6) is -1.65. The van der Waals surface area contributed by atoms with Gasteiger partial charge in [0.05, 0.1) is 6.26 Å². The highest BCUT2D eigenvalue weighted by molar-refractivity contribution is 6.67. The van der Waals surface area contributed by atoms with E-state index in [1.807, 2.05) is 0 Å². The molecule has 0 spiro atoms. The second-order valence-electron chi connectivity index (χ2n) is 4.17. The molecule has 12 heteroatoms. The first kappa shape index (κ1) is 19.6. The molecule has 24 heavy (non-hydrogen) atoms. The van der Waals surface area contributed by atoms with Crippen molar-refractivity contribution in [2.24, 2.45) is 0 Å². The van der Waals surface area contributed by atoms with Gasteiger partial charge in [-0.05, 0) is 18.2 Å². The molecule has 2 rings (SSSR count). The summed E-state index contributed by atoms with van der Waals surface area (Å²) in [6.07, 6.45) is 3.83. The van der Waals surface area contributed by atoms with Gasteiger partial charge in [-0.2, -0.15) is 0 Å². The molecule has 0 aliphatic rings. The van der Waals surface area contributed by atoms with Crippen molar-refractivity contribution in [1.29, 1.82) is 0 Å². The first-order valence-electron chi connectivity index (χ1n) is 5.88. The maximum atomic E-state index is 11.0. The number of carboxylic acids is 1. The molecule has 0 aromatic carbocycles. The van der Waals surface area contributed by atoms with Gasteiger partial charge in [0.2, 0.25) is 7.59 Å². The predicted molar refractivity (Wildman–Crippen MR) is 92.9 cm³/mol. The molecule has 0 amide bonds. The molecule has 0 radical (unpaired) electrons. The third-order valence-electron chi connectivity index (χ3n) is 2.47. The van der Waals surface area contributed by atoms with E-state index in [4.69, 9.17) is 79.1 Å². The fourth-order valence-corrected chi connectivity index (χ4v) is 2.00. The molecule has 0 aliphatic heterocycles. The first-order valence-corrected chi connectivity index (χ1v) is 8.14. The lowest BCUT2D eigenvalue weighted by Gasteiger charge is -2.14. The fourth-order valence-electron chi connectivity index (χ4n) is 1.50. The average molecular weight is 452 g/mol. The smallest absolute Gasteiger partial charge is 0.339 e. The fraction of sp³-hybridized carbons (Fsp3) is 0.167. The second-order valence-corrected chi connectivity index (χ2v) is 8.74. The number of hydrogen-bond acceptors (Lipinski definition) is 5. The van der Waals surface area contributed by atoms with Crippen LogP contribution in [0.5, 0.6) is 0 Å². The Bertz CT molecular complexity index is 762. The molecule has 0 fully saturated rings. The van der Waals surface area contributed by atoms with E-state index in [-0.39, 0.29) is 28.8 Å². The largest absolute Gasteiger partial charge is 0.478 e. The van der Waals surface area contributed by atoms with E-state index < -0.39 is 13.6 Å². The Labute approximate surface area is 165 Å². The Morgan fingerprint density at radius 2 is 1.54 bits per heavy atom. The third kappa shape index (κ3) is 4.88. The maximum absolute atomic E-state index is 11.0. The highest BCUT2D eigenvalue weighted by Gasteiger charge is 2.33. The molecule has 0 unspecified atom stereocenters. The molecule has 0 atom stereocenters. The van der Waals surface area contributed by atoms with Crippen molar-refractivity contribution in [1.82, 2.24) is 15.0 Å². The van der Waals surface area contributed by atoms with E-state index >= 15 is 0 Å². The Balaban J connectivity index is 2.48. The number of halogens is 6. The molecule has 0 bridgehead atoms. The van der Waals surface area contributed by atoms with Gasteiger partial charge in [0.15, 0.2) is 17.5 Å². The van der Waals surface area contributed by atoms with Crippen LogP contribution in [-0.4, -0.2) is 26.0 Å². The van der Waals surface area contributed by atoms with Crippen LogP contribution in [0.1, 0.15) is 33.6 Å². The van der Waals surface area contributed by atoms with E-state index in [1.54, 1.807) is 0 Å². The number of hydrogen-bond donors (Lipinski definition) is 1. The van der Waals surface area contributed by atoms with Crippen LogP contribution in [0.25, 0.3) is 12.2 Å². The summed E-state index contributed by atoms with van der Waals surface area (Å²) in [7, 11) is 0. The van der Waals surface area contributed by atoms with E-state index in [0.29, 0.717) is 0 Å². The summed E-state index contributed by atoms with van der Waals surface area (Å²) >= 11 is 34.5. The van der Waals surface area contributed by atoms with Crippen molar-refractivity contribution in [3.05, 3.63) is 41.1 Å². The molecule has 2 aromatic heterocycles. The Kier molecular flexibility index (Phi) is 5.90. The lowest BCUT2D eigenvalue weighted by Crippen LogP contribution is -2.16. The van der Waals surface area contributed by atoms with Crippen molar-refractivity contribution in [3.8, 4) is 0 Å². The van der Waals surface area contributed by atoms with Crippen LogP contribution in [0.4, 0.5) is 0 Å². The van der Waals surface area contributed by atoms with Crippen molar-refractivity contribution >= 4 is 87.7 Å². The summed E-state index contributed by atoms with van der Waals surface area (Å²) < 4.78 is 1.09. The molecular formula is C12H5Cl6N3O3. The number of carbonyl (C=O) groups is 1. The van der Waals surface area contributed by atoms with E-state index in [9.17, 15) is 4.79 Å². The number of alkyl halides is 6. The third-order valence-corrected chi connectivity index (χ3v) is 3.48. The number of furan rings is 1. The van der Waals surface area contributed by atoms with Crippen molar-refractivity contribution < 1.29 is 14.3 Å². The standard InChI is InChI=1S/C12H5Cl6N3O3/c13-11(14,15)9-19-7(20-10(21-9)12(16,17)18)2-1-6-5(8(22)23)3-4-24-6/h1-4H,(H,22,23)/b2-1+. The molecule has 0 saturated heterocycles. The van der Waals surface area contributed by atoms with Crippen LogP contribution in [-0.2, 0) is 7.59 Å². The number of aromatic nitrogens is 3. The summed E-state index contributed by atoms with van der Waals surface area (Å²) in [5, 5.41) is 9.01. The van der Waals surface area contributed by atoms with E-state index in [0.717, 1.165) is 0 Å². The van der Waals surface area contributed by atoms with Gasteiger partial charge < -0.3 is 9.52 Å². The van der Waals surface area contributed by atoms with Crippen molar-refractivity contribution in [2.75, 3.05) is 0 Å². The van der Waals surface area contributed by atoms with Gasteiger partial charge in [-0.25, -0.2) is 19.7 Å². The van der Waals surface area contributed by atoms with Crippen LogP contribution in [0.3, 0.4) is 0 Å². The predicted octanol–water partition coefficient (Wildman–Crippen LogP) is 4.99. The average Bonchev–Trinajstić information content (AvgIpc) is 2.91. The topological polar surface area (TPSA) is 89.1 Å². The second kappa shape index (κ2) is 7.23. The minimum absolute atomic E-state index is 0.0274. The van der Waals surface area contributed by atoms with Gasteiger partial charge in [0, 0.05) is 0 Å². The van der Waals surface area contributed by atoms with Crippen molar-refractivity contribution in [3.63, 3.8) is 0 Å². The number of aromatic carboxylic acids is 1. The van der Waals surface area contributed by atoms with Crippen LogP contribution in [0.15, 0.2) is 16.7 Å². The molecule has 0 aliphatic carbocycles. The number of nitrogens with zero attached hydrogens (tertiary/aromatic N) is 3. The summed E-state index contributed by atoms with van der Waals surface area (Å²) in [4.78, 5) is 22.7. The summed E-state index contributed by atoms with van der Waals surface area (Å²) in [5.41, 5.74) is -0.0523. The minimum Gasteiger partial charge on any atom is -0.478 e. The lowest BCUT2D eigenvalue weighted by molar-refractivity contribution is 0.0696. The normalized spacial score (nSPS) is 12.8. The molecule has 1 N–H and O–H groups in total. The maximum Gasteiger partial charge on any atom is 0.339 e. The van der Waals surface area contributed by atoms with Crippen LogP contribution < -0.4 is 0 Å². The molecule has 128 valence electrons. The zero-order chi connectivity index (χ0) is 18.1.